The Balaban J connectivity index is 2.49. The predicted octanol–water partition coefficient (Wildman–Crippen LogP) is 3.73. The van der Waals surface area contributed by atoms with Crippen molar-refractivity contribution in [3.63, 3.8) is 0 Å². The summed E-state index contributed by atoms with van der Waals surface area (Å²) >= 11 is 0. The number of carbonyl (C=O) groups excluding carboxylic acids is 2. The van der Waals surface area contributed by atoms with Gasteiger partial charge in [-0.05, 0) is 35.4 Å². The van der Waals surface area contributed by atoms with Gasteiger partial charge in [-0.2, -0.15) is 0 Å². The van der Waals surface area contributed by atoms with Crippen molar-refractivity contribution in [1.82, 2.24) is 0 Å². The first-order valence-corrected chi connectivity index (χ1v) is 7.85. The molecule has 0 aliphatic carbocycles. The number of ether oxygens (including phenoxy) is 3. The van der Waals surface area contributed by atoms with Crippen molar-refractivity contribution in [2.45, 2.75) is 26.2 Å². The fourth-order valence-corrected chi connectivity index (χ4v) is 2.61. The molecule has 0 unspecified atom stereocenters. The van der Waals surface area contributed by atoms with Crippen molar-refractivity contribution >= 4 is 11.9 Å². The van der Waals surface area contributed by atoms with Crippen LogP contribution in [0.1, 0.15) is 42.3 Å². The Morgan fingerprint density at radius 2 is 1.52 bits per heavy atom. The molecule has 0 saturated carbocycles. The highest BCUT2D eigenvalue weighted by Gasteiger charge is 2.26. The van der Waals surface area contributed by atoms with Crippen LogP contribution in [0.4, 0.5) is 0 Å². The number of benzene rings is 2. The third kappa shape index (κ3) is 3.99. The average Bonchev–Trinajstić information content (AvgIpc) is 2.60. The second-order valence-electron chi connectivity index (χ2n) is 6.15. The Kier molecular flexibility index (Phi) is 5.47. The molecule has 132 valence electrons. The van der Waals surface area contributed by atoms with Crippen LogP contribution in [0.5, 0.6) is 11.5 Å². The van der Waals surface area contributed by atoms with Gasteiger partial charge in [-0.25, -0.2) is 4.79 Å². The molecule has 5 heteroatoms. The molecule has 0 fully saturated rings. The van der Waals surface area contributed by atoms with Gasteiger partial charge in [0.1, 0.15) is 17.1 Å². The van der Waals surface area contributed by atoms with Gasteiger partial charge in [0, 0.05) is 12.3 Å². The van der Waals surface area contributed by atoms with Gasteiger partial charge in [-0.15, -0.1) is 0 Å². The van der Waals surface area contributed by atoms with Gasteiger partial charge in [0.2, 0.25) is 0 Å². The summed E-state index contributed by atoms with van der Waals surface area (Å²) < 4.78 is 15.1. The predicted molar refractivity (Wildman–Crippen MR) is 94.2 cm³/mol. The van der Waals surface area contributed by atoms with Crippen LogP contribution in [0, 0.1) is 0 Å². The van der Waals surface area contributed by atoms with Gasteiger partial charge in [-0.3, -0.25) is 4.79 Å². The molecular formula is C20H22O5. The number of esters is 2. The third-order valence-corrected chi connectivity index (χ3v) is 4.17. The van der Waals surface area contributed by atoms with Gasteiger partial charge in [0.15, 0.2) is 0 Å². The highest BCUT2D eigenvalue weighted by Crippen LogP contribution is 2.35. The zero-order chi connectivity index (χ0) is 18.6. The molecule has 0 aliphatic heterocycles. The van der Waals surface area contributed by atoms with Crippen LogP contribution in [0.25, 0.3) is 0 Å². The third-order valence-electron chi connectivity index (χ3n) is 4.17. The van der Waals surface area contributed by atoms with E-state index >= 15 is 0 Å². The quantitative estimate of drug-likeness (QED) is 0.612. The lowest BCUT2D eigenvalue weighted by Crippen LogP contribution is -2.20. The maximum absolute atomic E-state index is 12.1. The largest absolute Gasteiger partial charge is 0.497 e. The van der Waals surface area contributed by atoms with E-state index in [4.69, 9.17) is 14.2 Å². The number of carbonyl (C=O) groups is 2. The van der Waals surface area contributed by atoms with Crippen molar-refractivity contribution in [3.8, 4) is 11.5 Å². The second-order valence-corrected chi connectivity index (χ2v) is 6.15. The molecule has 25 heavy (non-hydrogen) atoms. The van der Waals surface area contributed by atoms with Crippen LogP contribution in [0.2, 0.25) is 0 Å². The molecule has 2 aromatic carbocycles. The fourth-order valence-electron chi connectivity index (χ4n) is 2.61. The van der Waals surface area contributed by atoms with E-state index in [1.165, 1.54) is 14.0 Å². The number of methoxy groups -OCH3 is 2. The Hall–Kier alpha value is -2.82. The molecule has 0 heterocycles. The molecule has 0 radical (unpaired) electrons. The average molecular weight is 342 g/mol. The lowest BCUT2D eigenvalue weighted by molar-refractivity contribution is -0.131. The molecule has 0 aromatic heterocycles. The van der Waals surface area contributed by atoms with Gasteiger partial charge in [0.05, 0.1) is 14.2 Å². The summed E-state index contributed by atoms with van der Waals surface area (Å²) in [4.78, 5) is 23.3. The Morgan fingerprint density at radius 1 is 0.920 bits per heavy atom. The lowest BCUT2D eigenvalue weighted by Gasteiger charge is -2.27. The van der Waals surface area contributed by atoms with E-state index in [9.17, 15) is 9.59 Å². The molecule has 0 saturated heterocycles. The molecule has 0 N–H and O–H groups in total. The summed E-state index contributed by atoms with van der Waals surface area (Å²) in [5.74, 6) is -0.0791. The summed E-state index contributed by atoms with van der Waals surface area (Å²) in [5, 5.41) is 0. The first-order chi connectivity index (χ1) is 11.8. The van der Waals surface area contributed by atoms with Crippen molar-refractivity contribution in [1.29, 1.82) is 0 Å². The zero-order valence-electron chi connectivity index (χ0n) is 15.1. The molecule has 2 rings (SSSR count). The summed E-state index contributed by atoms with van der Waals surface area (Å²) in [5.41, 5.74) is 1.80. The van der Waals surface area contributed by atoms with E-state index in [1.54, 1.807) is 19.2 Å². The summed E-state index contributed by atoms with van der Waals surface area (Å²) in [7, 11) is 2.91. The van der Waals surface area contributed by atoms with Crippen molar-refractivity contribution < 1.29 is 23.8 Å². The maximum atomic E-state index is 12.1. The molecule has 0 spiro atoms. The summed E-state index contributed by atoms with van der Waals surface area (Å²) in [6.45, 7) is 5.39. The van der Waals surface area contributed by atoms with Gasteiger partial charge < -0.3 is 14.2 Å². The second kappa shape index (κ2) is 7.38. The highest BCUT2D eigenvalue weighted by atomic mass is 16.5. The minimum absolute atomic E-state index is 0.189. The lowest BCUT2D eigenvalue weighted by atomic mass is 9.77. The van der Waals surface area contributed by atoms with Gasteiger partial charge in [-0.1, -0.05) is 32.0 Å². The van der Waals surface area contributed by atoms with Crippen LogP contribution in [-0.4, -0.2) is 26.2 Å². The Morgan fingerprint density at radius 3 is 2.04 bits per heavy atom. The highest BCUT2D eigenvalue weighted by molar-refractivity contribution is 5.93. The molecule has 0 bridgehead atoms. The first-order valence-electron chi connectivity index (χ1n) is 7.85. The van der Waals surface area contributed by atoms with Crippen LogP contribution >= 0.6 is 0 Å². The van der Waals surface area contributed by atoms with E-state index in [0.29, 0.717) is 0 Å². The molecule has 5 nitrogen and oxygen atoms in total. The number of hydrogen-bond donors (Lipinski definition) is 0. The molecule has 0 amide bonds. The number of rotatable bonds is 5. The zero-order valence-corrected chi connectivity index (χ0v) is 15.1. The van der Waals surface area contributed by atoms with Crippen LogP contribution in [0.15, 0.2) is 42.5 Å². The molecular weight excluding hydrogens is 320 g/mol. The molecule has 0 atom stereocenters. The van der Waals surface area contributed by atoms with E-state index in [-0.39, 0.29) is 16.7 Å². The minimum Gasteiger partial charge on any atom is -0.497 e. The van der Waals surface area contributed by atoms with E-state index < -0.39 is 11.9 Å². The van der Waals surface area contributed by atoms with Crippen molar-refractivity contribution in [2.24, 2.45) is 0 Å². The number of hydrogen-bond acceptors (Lipinski definition) is 5. The van der Waals surface area contributed by atoms with E-state index in [0.717, 1.165) is 16.9 Å². The van der Waals surface area contributed by atoms with Gasteiger partial charge >= 0.3 is 11.9 Å². The summed E-state index contributed by atoms with van der Waals surface area (Å²) in [6.07, 6.45) is 0. The molecule has 0 aliphatic rings. The maximum Gasteiger partial charge on any atom is 0.341 e. The van der Waals surface area contributed by atoms with Crippen LogP contribution in [0.3, 0.4) is 0 Å². The van der Waals surface area contributed by atoms with Crippen molar-refractivity contribution in [2.75, 3.05) is 14.2 Å². The van der Waals surface area contributed by atoms with Crippen molar-refractivity contribution in [3.05, 3.63) is 59.2 Å². The Labute approximate surface area is 147 Å². The van der Waals surface area contributed by atoms with Crippen LogP contribution < -0.4 is 9.47 Å². The van der Waals surface area contributed by atoms with Crippen LogP contribution in [-0.2, 0) is 14.9 Å². The Bertz CT molecular complexity index is 775. The standard InChI is InChI=1S/C20H22O5/c1-13(21)25-18-11-8-15(12-17(18)19(22)24-5)20(2,3)14-6-9-16(23-4)10-7-14/h6-12H,1-5H3. The van der Waals surface area contributed by atoms with E-state index in [1.807, 2.05) is 30.3 Å². The molecule has 2 aromatic rings. The summed E-state index contributed by atoms with van der Waals surface area (Å²) in [6, 6.07) is 12.9. The SMILES string of the molecule is COC(=O)c1cc(C(C)(C)c2ccc(OC)cc2)ccc1OC(C)=O. The fraction of sp³-hybridized carbons (Fsp3) is 0.300. The first kappa shape index (κ1) is 18.5. The smallest absolute Gasteiger partial charge is 0.341 e. The normalized spacial score (nSPS) is 10.9. The minimum atomic E-state index is -0.552. The van der Waals surface area contributed by atoms with E-state index in [2.05, 4.69) is 13.8 Å². The monoisotopic (exact) mass is 342 g/mol. The van der Waals surface area contributed by atoms with Gasteiger partial charge in [0.25, 0.3) is 0 Å². The topological polar surface area (TPSA) is 61.8 Å².